The number of nitrogen functional groups attached to an aromatic ring is 1. The molecule has 2 aliphatic heterocycles. The minimum Gasteiger partial charge on any atom is -0.504 e. The van der Waals surface area contributed by atoms with E-state index in [1.807, 2.05) is 35.2 Å². The number of phenols is 2. The fourth-order valence-electron chi connectivity index (χ4n) is 5.23. The second kappa shape index (κ2) is 12.7. The molecule has 15 nitrogen and oxygen atoms in total. The van der Waals surface area contributed by atoms with Gasteiger partial charge in [-0.15, -0.1) is 23.1 Å². The second-order valence-electron chi connectivity index (χ2n) is 11.7. The molecule has 2 unspecified atom stereocenters. The number of carbonyl (C=O) groups excluding carboxylic acids is 2. The molecule has 17 heteroatoms. The number of benzene rings is 2. The molecule has 2 aliphatic rings. The van der Waals surface area contributed by atoms with Crippen LogP contribution in [-0.2, 0) is 30.6 Å². The van der Waals surface area contributed by atoms with Crippen molar-refractivity contribution in [2.75, 3.05) is 11.5 Å². The van der Waals surface area contributed by atoms with Gasteiger partial charge in [-0.25, -0.2) is 19.1 Å². The van der Waals surface area contributed by atoms with Crippen molar-refractivity contribution in [3.8, 4) is 11.5 Å². The molecule has 2 amide bonds. The summed E-state index contributed by atoms with van der Waals surface area (Å²) in [5, 5.41) is 47.8. The number of rotatable bonds is 10. The van der Waals surface area contributed by atoms with Gasteiger partial charge in [0.05, 0.1) is 0 Å². The van der Waals surface area contributed by atoms with Crippen molar-refractivity contribution in [1.29, 1.82) is 0 Å². The number of nitrogens with one attached hydrogen (secondary N) is 1. The molecule has 2 atom stereocenters. The van der Waals surface area contributed by atoms with E-state index in [4.69, 9.17) is 10.6 Å². The molecule has 4 aromatic rings. The number of β-lactam (4-membered cyclic amide) rings is 1. The number of oxime groups is 1. The van der Waals surface area contributed by atoms with E-state index in [-0.39, 0.29) is 33.8 Å². The average molecular weight is 706 g/mol. The first kappa shape index (κ1) is 33.2. The molecule has 0 spiro atoms. The van der Waals surface area contributed by atoms with Crippen LogP contribution >= 0.6 is 23.1 Å². The third kappa shape index (κ3) is 6.44. The Hall–Kier alpha value is -5.68. The van der Waals surface area contributed by atoms with Crippen LogP contribution in [-0.4, -0.2) is 82.5 Å². The van der Waals surface area contributed by atoms with Crippen LogP contribution in [0.2, 0.25) is 0 Å². The molecule has 1 fully saturated rings. The maximum atomic E-state index is 13.4. The highest BCUT2D eigenvalue weighted by molar-refractivity contribution is 8.00. The number of thiazole rings is 1. The Morgan fingerprint density at radius 2 is 1.82 bits per heavy atom. The number of aromatic nitrogens is 2. The number of carbonyl (C=O) groups is 4. The van der Waals surface area contributed by atoms with Gasteiger partial charge in [-0.1, -0.05) is 29.4 Å². The summed E-state index contributed by atoms with van der Waals surface area (Å²) in [6.07, 6.45) is 3.67. The van der Waals surface area contributed by atoms with Gasteiger partial charge in [-0.05, 0) is 36.9 Å². The Kier molecular flexibility index (Phi) is 8.64. The molecule has 0 aliphatic carbocycles. The van der Waals surface area contributed by atoms with E-state index < -0.39 is 46.5 Å². The zero-order chi connectivity index (χ0) is 35.2. The predicted molar refractivity (Wildman–Crippen MR) is 178 cm³/mol. The molecule has 6 rings (SSSR count). The molecule has 2 aromatic carbocycles. The van der Waals surface area contributed by atoms with Gasteiger partial charge in [0.2, 0.25) is 5.60 Å². The summed E-state index contributed by atoms with van der Waals surface area (Å²) >= 11 is 2.30. The van der Waals surface area contributed by atoms with Gasteiger partial charge in [-0.3, -0.25) is 14.5 Å². The zero-order valence-corrected chi connectivity index (χ0v) is 27.5. The summed E-state index contributed by atoms with van der Waals surface area (Å²) in [5.74, 6) is -4.34. The number of hydrogen-bond donors (Lipinski definition) is 6. The van der Waals surface area contributed by atoms with Crippen molar-refractivity contribution in [3.63, 3.8) is 0 Å². The number of aliphatic carboxylic acids is 2. The SMILES string of the molecule is CC(C)(O/N=C(\C(=O)NC1C(=O)N2C(C(=O)O)=C(c3ccc(C[n+]4ccc5cc(O)c(O)cc5c4)cc3)CSC12)c1csc(N)n1)C(=O)O. The van der Waals surface area contributed by atoms with Gasteiger partial charge >= 0.3 is 11.9 Å². The Bertz CT molecular complexity index is 2090. The summed E-state index contributed by atoms with van der Waals surface area (Å²) in [6, 6.07) is 10.9. The summed E-state index contributed by atoms with van der Waals surface area (Å²) in [4.78, 5) is 61.0. The summed E-state index contributed by atoms with van der Waals surface area (Å²) in [7, 11) is 0. The van der Waals surface area contributed by atoms with Crippen LogP contribution in [0.3, 0.4) is 0 Å². The fourth-order valence-corrected chi connectivity index (χ4v) is 7.16. The largest absolute Gasteiger partial charge is 0.504 e. The highest BCUT2D eigenvalue weighted by atomic mass is 32.2. The maximum absolute atomic E-state index is 13.4. The fraction of sp³-hybridized carbons (Fsp3) is 0.219. The quantitative estimate of drug-likeness (QED) is 0.0458. The highest BCUT2D eigenvalue weighted by Gasteiger charge is 2.54. The lowest BCUT2D eigenvalue weighted by Crippen LogP contribution is -2.71. The molecular weight excluding hydrogens is 677 g/mol. The van der Waals surface area contributed by atoms with E-state index in [2.05, 4.69) is 15.5 Å². The van der Waals surface area contributed by atoms with Crippen LogP contribution < -0.4 is 15.6 Å². The van der Waals surface area contributed by atoms with E-state index in [0.29, 0.717) is 17.7 Å². The number of fused-ring (bicyclic) bond motifs is 2. The number of aromatic hydroxyl groups is 2. The number of carboxylic acid groups (broad SMARTS) is 2. The highest BCUT2D eigenvalue weighted by Crippen LogP contribution is 2.43. The number of amides is 2. The Balaban J connectivity index is 1.19. The van der Waals surface area contributed by atoms with E-state index in [1.54, 1.807) is 12.1 Å². The van der Waals surface area contributed by atoms with Crippen LogP contribution in [0.4, 0.5) is 5.13 Å². The van der Waals surface area contributed by atoms with Crippen molar-refractivity contribution in [1.82, 2.24) is 15.2 Å². The molecule has 0 bridgehead atoms. The molecule has 252 valence electrons. The van der Waals surface area contributed by atoms with Crippen molar-refractivity contribution >= 4 is 74.0 Å². The lowest BCUT2D eigenvalue weighted by molar-refractivity contribution is -0.687. The summed E-state index contributed by atoms with van der Waals surface area (Å²) in [5.41, 5.74) is 5.32. The number of thioether (sulfide) groups is 1. The predicted octanol–water partition coefficient (Wildman–Crippen LogP) is 2.11. The number of nitrogens with zero attached hydrogens (tertiary/aromatic N) is 4. The Morgan fingerprint density at radius 3 is 2.45 bits per heavy atom. The monoisotopic (exact) mass is 705 g/mol. The van der Waals surface area contributed by atoms with Crippen LogP contribution in [0.5, 0.6) is 11.5 Å². The number of hydrogen-bond acceptors (Lipinski definition) is 12. The second-order valence-corrected chi connectivity index (χ2v) is 13.7. The van der Waals surface area contributed by atoms with Crippen molar-refractivity contribution in [2.24, 2.45) is 5.16 Å². The number of phenolic OH excluding ortho intramolecular Hbond substituents is 2. The van der Waals surface area contributed by atoms with E-state index >= 15 is 0 Å². The van der Waals surface area contributed by atoms with Crippen molar-refractivity contribution in [2.45, 2.75) is 37.4 Å². The van der Waals surface area contributed by atoms with Gasteiger partial charge in [0.15, 0.2) is 41.3 Å². The normalized spacial score (nSPS) is 17.8. The smallest absolute Gasteiger partial charge is 0.352 e. The van der Waals surface area contributed by atoms with E-state index in [1.165, 1.54) is 43.1 Å². The first-order valence-corrected chi connectivity index (χ1v) is 16.5. The topological polar surface area (TPSA) is 229 Å². The lowest BCUT2D eigenvalue weighted by atomic mass is 9.98. The van der Waals surface area contributed by atoms with Crippen LogP contribution in [0, 0.1) is 0 Å². The lowest BCUT2D eigenvalue weighted by Gasteiger charge is -2.49. The van der Waals surface area contributed by atoms with E-state index in [0.717, 1.165) is 32.6 Å². The molecule has 1 saturated heterocycles. The molecule has 4 heterocycles. The van der Waals surface area contributed by atoms with Crippen LogP contribution in [0.1, 0.15) is 30.7 Å². The van der Waals surface area contributed by atoms with Gasteiger partial charge < -0.3 is 36.3 Å². The van der Waals surface area contributed by atoms with Gasteiger partial charge in [0, 0.05) is 33.7 Å². The Labute approximate surface area is 285 Å². The number of pyridine rings is 1. The first-order valence-electron chi connectivity index (χ1n) is 14.6. The van der Waals surface area contributed by atoms with Gasteiger partial charge in [0.25, 0.3) is 11.8 Å². The van der Waals surface area contributed by atoms with Crippen molar-refractivity contribution in [3.05, 3.63) is 82.8 Å². The number of anilines is 1. The molecular formula is C32H29N6O9S2+. The van der Waals surface area contributed by atoms with Gasteiger partial charge in [0.1, 0.15) is 22.8 Å². The molecule has 0 radical (unpaired) electrons. The maximum Gasteiger partial charge on any atom is 0.352 e. The van der Waals surface area contributed by atoms with Crippen LogP contribution in [0.15, 0.2) is 71.1 Å². The first-order chi connectivity index (χ1) is 23.2. The number of nitrogens with two attached hydrogens (primary N) is 1. The average Bonchev–Trinajstić information content (AvgIpc) is 3.49. The third-order valence-corrected chi connectivity index (χ3v) is 9.87. The zero-order valence-electron chi connectivity index (χ0n) is 25.9. The molecule has 2 aromatic heterocycles. The molecule has 7 N–H and O–H groups in total. The van der Waals surface area contributed by atoms with E-state index in [9.17, 15) is 39.6 Å². The Morgan fingerprint density at radius 1 is 1.12 bits per heavy atom. The van der Waals surface area contributed by atoms with Crippen molar-refractivity contribution < 1.29 is 49.0 Å². The number of carboxylic acids is 2. The minimum absolute atomic E-state index is 0.0107. The minimum atomic E-state index is -1.78. The molecule has 49 heavy (non-hydrogen) atoms. The summed E-state index contributed by atoms with van der Waals surface area (Å²) < 4.78 is 1.91. The van der Waals surface area contributed by atoms with Gasteiger partial charge in [-0.2, -0.15) is 0 Å². The standard InChI is InChI=1S/C32H28N6O9S2/c1-32(2,30(45)46)47-36-23(20-14-49-31(33)34-20)26(41)35-24-27(42)38-25(29(43)44)19(13-48-28(24)38)16-5-3-15(4-6-16)11-37-8-7-17-9-21(39)22(40)10-18(17)12-37/h3-10,12,14,24,28H,11,13H2,1-2H3,(H6,33,34,35,40,41,43,44,45,46)/p+1/b36-23-. The third-order valence-electron chi connectivity index (χ3n) is 7.92. The summed E-state index contributed by atoms with van der Waals surface area (Å²) in [6.45, 7) is 2.96. The van der Waals surface area contributed by atoms with Crippen LogP contribution in [0.25, 0.3) is 16.3 Å². The molecule has 0 saturated carbocycles.